The zero-order valence-corrected chi connectivity index (χ0v) is 33.9. The lowest BCUT2D eigenvalue weighted by atomic mass is 9.77. The van der Waals surface area contributed by atoms with E-state index in [-0.39, 0.29) is 0 Å². The molecule has 1 unspecified atom stereocenters. The molecule has 7 aromatic rings. The van der Waals surface area contributed by atoms with Crippen molar-refractivity contribution in [2.45, 2.75) is 64.1 Å². The van der Waals surface area contributed by atoms with E-state index in [9.17, 15) is 0 Å². The summed E-state index contributed by atoms with van der Waals surface area (Å²) in [5, 5.41) is 17.6. The Morgan fingerprint density at radius 2 is 1.38 bits per heavy atom. The number of rotatable bonds is 16. The number of benzene rings is 5. The van der Waals surface area contributed by atoms with Gasteiger partial charge in [-0.05, 0) is 90.0 Å². The van der Waals surface area contributed by atoms with Crippen LogP contribution in [0, 0.1) is 6.92 Å². The maximum Gasteiger partial charge on any atom is 0.227 e. The van der Waals surface area contributed by atoms with Crippen molar-refractivity contribution in [2.24, 2.45) is 0 Å². The lowest BCUT2D eigenvalue weighted by Gasteiger charge is -2.36. The van der Waals surface area contributed by atoms with Gasteiger partial charge in [-0.2, -0.15) is 4.98 Å². The van der Waals surface area contributed by atoms with E-state index in [1.807, 2.05) is 22.9 Å². The van der Waals surface area contributed by atoms with Crippen LogP contribution >= 0.6 is 0 Å². The molecule has 1 saturated heterocycles. The Morgan fingerprint density at radius 3 is 1.98 bits per heavy atom. The minimum absolute atomic E-state index is 0.646. The quantitative estimate of drug-likeness (QED) is 0.0974. The molecule has 0 amide bonds. The van der Waals surface area contributed by atoms with E-state index in [0.717, 1.165) is 83.2 Å². The van der Waals surface area contributed by atoms with Gasteiger partial charge in [-0.3, -0.25) is 0 Å². The van der Waals surface area contributed by atoms with E-state index in [1.54, 1.807) is 0 Å². The number of aromatic nitrogens is 6. The van der Waals surface area contributed by atoms with Crippen molar-refractivity contribution < 1.29 is 0 Å². The molecular formula is C49H53N9. The fourth-order valence-corrected chi connectivity index (χ4v) is 8.52. The molecule has 0 spiro atoms. The molecule has 0 saturated carbocycles. The predicted octanol–water partition coefficient (Wildman–Crippen LogP) is 9.65. The van der Waals surface area contributed by atoms with Gasteiger partial charge in [0.25, 0.3) is 0 Å². The maximum atomic E-state index is 5.03. The summed E-state index contributed by atoms with van der Waals surface area (Å²) >= 11 is 0. The number of unbranched alkanes of at least 4 members (excludes halogenated alkanes) is 1. The second-order valence-electron chi connectivity index (χ2n) is 15.4. The highest BCUT2D eigenvalue weighted by atomic mass is 15.6. The van der Waals surface area contributed by atoms with Crippen molar-refractivity contribution in [1.29, 1.82) is 0 Å². The molecule has 1 fully saturated rings. The van der Waals surface area contributed by atoms with Crippen molar-refractivity contribution in [3.63, 3.8) is 0 Å². The maximum absolute atomic E-state index is 5.03. The predicted molar refractivity (Wildman–Crippen MR) is 235 cm³/mol. The van der Waals surface area contributed by atoms with Crippen LogP contribution in [0.3, 0.4) is 0 Å². The molecule has 294 valence electrons. The van der Waals surface area contributed by atoms with E-state index < -0.39 is 5.54 Å². The first-order valence-corrected chi connectivity index (χ1v) is 20.7. The Bertz CT molecular complexity index is 2270. The van der Waals surface area contributed by atoms with Gasteiger partial charge in [0, 0.05) is 43.0 Å². The standard InChI is InChI=1S/C49H53N9/c1-4-5-34-57(48-51-37(2)35-46(52-48)50-32-31-43-24-17-33-56(43)3)36-38-27-29-39(30-28-38)44-25-15-16-26-45(44)47-53-54-55-58(47)49(40-18-9-6-10-19-40,41-20-11-7-12-21-41)42-22-13-8-14-23-42/h6-16,18-23,25-30,35,43H,4-5,17,24,31-34,36H2,1-3H3,(H,50,51,52). The topological polar surface area (TPSA) is 87.9 Å². The van der Waals surface area contributed by atoms with E-state index >= 15 is 0 Å². The van der Waals surface area contributed by atoms with Crippen LogP contribution in [0.25, 0.3) is 22.5 Å². The van der Waals surface area contributed by atoms with Crippen LogP contribution in [0.2, 0.25) is 0 Å². The fourth-order valence-electron chi connectivity index (χ4n) is 8.52. The Morgan fingerprint density at radius 1 is 0.759 bits per heavy atom. The van der Waals surface area contributed by atoms with E-state index in [4.69, 9.17) is 20.3 Å². The van der Waals surface area contributed by atoms with Crippen LogP contribution in [-0.4, -0.2) is 67.8 Å². The summed E-state index contributed by atoms with van der Waals surface area (Å²) in [5.74, 6) is 2.35. The molecule has 58 heavy (non-hydrogen) atoms. The first kappa shape index (κ1) is 38.7. The first-order chi connectivity index (χ1) is 28.5. The van der Waals surface area contributed by atoms with Crippen molar-refractivity contribution >= 4 is 11.8 Å². The summed E-state index contributed by atoms with van der Waals surface area (Å²) in [5.41, 5.74) is 7.60. The third-order valence-corrected chi connectivity index (χ3v) is 11.5. The van der Waals surface area contributed by atoms with Crippen LogP contribution in [0.4, 0.5) is 11.8 Å². The number of tetrazole rings is 1. The van der Waals surface area contributed by atoms with Gasteiger partial charge < -0.3 is 15.1 Å². The summed E-state index contributed by atoms with van der Waals surface area (Å²) < 4.78 is 2.00. The largest absolute Gasteiger partial charge is 0.370 e. The summed E-state index contributed by atoms with van der Waals surface area (Å²) in [6.07, 6.45) is 5.84. The molecule has 9 heteroatoms. The van der Waals surface area contributed by atoms with Crippen LogP contribution in [0.15, 0.2) is 146 Å². The van der Waals surface area contributed by atoms with E-state index in [0.29, 0.717) is 18.4 Å². The van der Waals surface area contributed by atoms with Crippen LogP contribution in [-0.2, 0) is 12.1 Å². The Labute approximate surface area is 342 Å². The van der Waals surface area contributed by atoms with Gasteiger partial charge in [0.2, 0.25) is 5.95 Å². The van der Waals surface area contributed by atoms with E-state index in [1.165, 1.54) is 24.9 Å². The van der Waals surface area contributed by atoms with Gasteiger partial charge in [-0.25, -0.2) is 9.67 Å². The minimum atomic E-state index is -0.846. The highest BCUT2D eigenvalue weighted by Crippen LogP contribution is 2.43. The summed E-state index contributed by atoms with van der Waals surface area (Å²) in [4.78, 5) is 14.8. The SMILES string of the molecule is CCCCN(Cc1ccc(-c2ccccc2-c2nnnn2C(c2ccccc2)(c2ccccc2)c2ccccc2)cc1)c1nc(C)cc(NCCC2CCCN2C)n1. The van der Waals surface area contributed by atoms with Crippen LogP contribution in [0.5, 0.6) is 0 Å². The number of hydrogen-bond donors (Lipinski definition) is 1. The molecular weight excluding hydrogens is 715 g/mol. The molecule has 2 aromatic heterocycles. The summed E-state index contributed by atoms with van der Waals surface area (Å²) in [6, 6.07) is 51.6. The summed E-state index contributed by atoms with van der Waals surface area (Å²) in [6.45, 7) is 7.98. The number of aryl methyl sites for hydroxylation is 1. The fraction of sp³-hybridized carbons (Fsp3) is 0.286. The van der Waals surface area contributed by atoms with Crippen molar-refractivity contribution in [2.75, 3.05) is 36.9 Å². The molecule has 1 aliphatic rings. The lowest BCUT2D eigenvalue weighted by Crippen LogP contribution is -2.39. The third-order valence-electron chi connectivity index (χ3n) is 11.5. The monoisotopic (exact) mass is 767 g/mol. The Kier molecular flexibility index (Phi) is 12.0. The second-order valence-corrected chi connectivity index (χ2v) is 15.4. The molecule has 3 heterocycles. The molecule has 9 nitrogen and oxygen atoms in total. The van der Waals surface area contributed by atoms with E-state index in [2.05, 4.69) is 169 Å². The average Bonchev–Trinajstić information content (AvgIpc) is 3.93. The molecule has 0 radical (unpaired) electrons. The number of likely N-dealkylation sites (tertiary alicyclic amines) is 1. The van der Waals surface area contributed by atoms with Crippen molar-refractivity contribution in [3.05, 3.63) is 174 Å². The zero-order valence-electron chi connectivity index (χ0n) is 33.9. The third kappa shape index (κ3) is 8.13. The smallest absolute Gasteiger partial charge is 0.227 e. The highest BCUT2D eigenvalue weighted by Gasteiger charge is 2.42. The molecule has 0 aliphatic carbocycles. The van der Waals surface area contributed by atoms with Crippen molar-refractivity contribution in [3.8, 4) is 22.5 Å². The van der Waals surface area contributed by atoms with Gasteiger partial charge in [0.05, 0.1) is 0 Å². The number of anilines is 2. The zero-order chi connectivity index (χ0) is 39.7. The molecule has 1 aliphatic heterocycles. The summed E-state index contributed by atoms with van der Waals surface area (Å²) in [7, 11) is 2.24. The Balaban J connectivity index is 1.11. The molecule has 5 aromatic carbocycles. The Hall–Kier alpha value is -6.19. The number of nitrogens with one attached hydrogen (secondary N) is 1. The molecule has 1 atom stereocenters. The van der Waals surface area contributed by atoms with Crippen molar-refractivity contribution in [1.82, 2.24) is 35.1 Å². The lowest BCUT2D eigenvalue weighted by molar-refractivity contribution is 0.301. The van der Waals surface area contributed by atoms with Gasteiger partial charge in [0.15, 0.2) is 5.82 Å². The normalized spacial score (nSPS) is 14.4. The van der Waals surface area contributed by atoms with Gasteiger partial charge in [-0.1, -0.05) is 153 Å². The number of hydrogen-bond acceptors (Lipinski definition) is 8. The average molecular weight is 768 g/mol. The second kappa shape index (κ2) is 17.9. The van der Waals surface area contributed by atoms with Crippen LogP contribution < -0.4 is 10.2 Å². The van der Waals surface area contributed by atoms with Gasteiger partial charge in [-0.15, -0.1) is 5.10 Å². The minimum Gasteiger partial charge on any atom is -0.370 e. The highest BCUT2D eigenvalue weighted by molar-refractivity contribution is 5.81. The van der Waals surface area contributed by atoms with Gasteiger partial charge in [0.1, 0.15) is 11.4 Å². The van der Waals surface area contributed by atoms with Crippen LogP contribution in [0.1, 0.15) is 67.0 Å². The molecule has 8 rings (SSSR count). The molecule has 1 N–H and O–H groups in total. The molecule has 0 bridgehead atoms. The first-order valence-electron chi connectivity index (χ1n) is 20.7. The number of nitrogens with zero attached hydrogens (tertiary/aromatic N) is 8. The van der Waals surface area contributed by atoms with Gasteiger partial charge >= 0.3 is 0 Å².